The van der Waals surface area contributed by atoms with E-state index in [4.69, 9.17) is 0 Å². The molecule has 2 heterocycles. The Kier molecular flexibility index (Phi) is 5.58. The number of rotatable bonds is 7. The van der Waals surface area contributed by atoms with Gasteiger partial charge in [0.05, 0.1) is 5.92 Å². The number of H-pyrrole nitrogens is 1. The lowest BCUT2D eigenvalue weighted by Crippen LogP contribution is -2.48. The van der Waals surface area contributed by atoms with Crippen molar-refractivity contribution in [3.63, 3.8) is 0 Å². The van der Waals surface area contributed by atoms with E-state index in [0.29, 0.717) is 11.9 Å². The van der Waals surface area contributed by atoms with Crippen molar-refractivity contribution < 1.29 is 4.79 Å². The van der Waals surface area contributed by atoms with Crippen LogP contribution in [-0.2, 0) is 11.2 Å². The normalized spacial score (nSPS) is 21.5. The van der Waals surface area contributed by atoms with E-state index < -0.39 is 0 Å². The van der Waals surface area contributed by atoms with E-state index in [0.717, 1.165) is 51.7 Å². The number of carbonyl (C=O) groups excluding carboxylic acids is 1. The molecule has 1 aromatic carbocycles. The molecule has 0 fully saturated rings. The number of hydrogen-bond acceptors (Lipinski definition) is 2. The lowest BCUT2D eigenvalue weighted by atomic mass is 9.79. The second-order valence-corrected chi connectivity index (χ2v) is 8.46. The Labute approximate surface area is 168 Å². The second-order valence-electron chi connectivity index (χ2n) is 8.46. The summed E-state index contributed by atoms with van der Waals surface area (Å²) in [5.74, 6) is 0.271. The summed E-state index contributed by atoms with van der Waals surface area (Å²) in [5, 5.41) is 1.35. The first-order valence-electron chi connectivity index (χ1n) is 10.9. The molecular formula is C24H33N3O. The molecule has 28 heavy (non-hydrogen) atoms. The number of unbranched alkanes of at least 4 members (excludes halogenated alkanes) is 2. The SMILES string of the molecule is CCCCN(CCCC)C(=O)[C@H]1C=C2c3cccc4[nH]cc(c34)C[C@H]2N(C)C1. The van der Waals surface area contributed by atoms with Gasteiger partial charge in [0.2, 0.25) is 5.91 Å². The average molecular weight is 380 g/mol. The predicted molar refractivity (Wildman–Crippen MR) is 116 cm³/mol. The molecule has 1 aliphatic heterocycles. The van der Waals surface area contributed by atoms with Gasteiger partial charge in [0.15, 0.2) is 0 Å². The van der Waals surface area contributed by atoms with Gasteiger partial charge in [0, 0.05) is 42.8 Å². The molecule has 0 spiro atoms. The number of nitrogens with zero attached hydrogens (tertiary/aromatic N) is 2. The van der Waals surface area contributed by atoms with Crippen molar-refractivity contribution in [3.05, 3.63) is 41.6 Å². The Morgan fingerprint density at radius 3 is 2.68 bits per heavy atom. The zero-order chi connectivity index (χ0) is 19.7. The number of likely N-dealkylation sites (N-methyl/N-ethyl adjacent to an activating group) is 1. The zero-order valence-corrected chi connectivity index (χ0v) is 17.5. The fraction of sp³-hybridized carbons (Fsp3) is 0.542. The van der Waals surface area contributed by atoms with Crippen LogP contribution in [0.4, 0.5) is 0 Å². The first-order valence-corrected chi connectivity index (χ1v) is 10.9. The second kappa shape index (κ2) is 8.12. The van der Waals surface area contributed by atoms with Gasteiger partial charge in [-0.2, -0.15) is 0 Å². The van der Waals surface area contributed by atoms with Gasteiger partial charge in [0.1, 0.15) is 0 Å². The molecule has 2 atom stereocenters. The predicted octanol–water partition coefficient (Wildman–Crippen LogP) is 4.47. The van der Waals surface area contributed by atoms with Crippen molar-refractivity contribution in [1.29, 1.82) is 0 Å². The summed E-state index contributed by atoms with van der Waals surface area (Å²) in [4.78, 5) is 21.4. The number of hydrogen-bond donors (Lipinski definition) is 1. The Morgan fingerprint density at radius 2 is 1.96 bits per heavy atom. The largest absolute Gasteiger partial charge is 0.361 e. The number of carbonyl (C=O) groups is 1. The molecule has 0 radical (unpaired) electrons. The van der Waals surface area contributed by atoms with Crippen LogP contribution in [0.5, 0.6) is 0 Å². The van der Waals surface area contributed by atoms with Gasteiger partial charge < -0.3 is 9.88 Å². The minimum atomic E-state index is -0.0410. The number of fused-ring (bicyclic) bond motifs is 2. The average Bonchev–Trinajstić information content (AvgIpc) is 3.13. The minimum Gasteiger partial charge on any atom is -0.361 e. The fourth-order valence-corrected chi connectivity index (χ4v) is 4.87. The lowest BCUT2D eigenvalue weighted by molar-refractivity contribution is -0.135. The molecule has 2 aromatic rings. The molecule has 0 bridgehead atoms. The standard InChI is InChI=1S/C24H33N3O/c1-4-6-11-27(12-7-5-2)24(28)18-13-20-19-9-8-10-21-23(19)17(15-25-21)14-22(20)26(3)16-18/h8-10,13,15,18,22,25H,4-7,11-12,14,16H2,1-3H3/t18-,22+/m0/s1. The first kappa shape index (κ1) is 19.3. The topological polar surface area (TPSA) is 39.3 Å². The maximum Gasteiger partial charge on any atom is 0.230 e. The van der Waals surface area contributed by atoms with E-state index in [-0.39, 0.29) is 5.92 Å². The minimum absolute atomic E-state index is 0.0410. The van der Waals surface area contributed by atoms with Crippen molar-refractivity contribution in [2.24, 2.45) is 5.92 Å². The van der Waals surface area contributed by atoms with Crippen LogP contribution in [0, 0.1) is 5.92 Å². The molecule has 150 valence electrons. The van der Waals surface area contributed by atoms with Crippen molar-refractivity contribution >= 4 is 22.4 Å². The van der Waals surface area contributed by atoms with Crippen LogP contribution in [0.3, 0.4) is 0 Å². The number of amides is 1. The maximum absolute atomic E-state index is 13.4. The third kappa shape index (κ3) is 3.39. The van der Waals surface area contributed by atoms with Gasteiger partial charge in [-0.3, -0.25) is 9.69 Å². The molecular weight excluding hydrogens is 346 g/mol. The van der Waals surface area contributed by atoms with Gasteiger partial charge in [-0.25, -0.2) is 0 Å². The first-order chi connectivity index (χ1) is 13.6. The van der Waals surface area contributed by atoms with Crippen LogP contribution in [0.15, 0.2) is 30.5 Å². The number of nitrogens with one attached hydrogen (secondary N) is 1. The van der Waals surface area contributed by atoms with Crippen molar-refractivity contribution in [2.45, 2.75) is 52.0 Å². The number of aromatic amines is 1. The molecule has 1 aromatic heterocycles. The summed E-state index contributed by atoms with van der Waals surface area (Å²) in [7, 11) is 2.18. The maximum atomic E-state index is 13.4. The van der Waals surface area contributed by atoms with E-state index >= 15 is 0 Å². The van der Waals surface area contributed by atoms with Crippen molar-refractivity contribution in [3.8, 4) is 0 Å². The monoisotopic (exact) mass is 379 g/mol. The smallest absolute Gasteiger partial charge is 0.230 e. The summed E-state index contributed by atoms with van der Waals surface area (Å²) in [6.07, 6.45) is 9.90. The van der Waals surface area contributed by atoms with Gasteiger partial charge in [-0.15, -0.1) is 0 Å². The van der Waals surface area contributed by atoms with Gasteiger partial charge in [0.25, 0.3) is 0 Å². The molecule has 0 saturated heterocycles. The molecule has 1 N–H and O–H groups in total. The van der Waals surface area contributed by atoms with Crippen LogP contribution in [0.25, 0.3) is 16.5 Å². The molecule has 4 heteroatoms. The van der Waals surface area contributed by atoms with E-state index in [1.807, 2.05) is 0 Å². The van der Waals surface area contributed by atoms with Crippen LogP contribution in [-0.4, -0.2) is 53.4 Å². The highest BCUT2D eigenvalue weighted by molar-refractivity contribution is 5.99. The van der Waals surface area contributed by atoms with Gasteiger partial charge in [-0.05, 0) is 49.1 Å². The van der Waals surface area contributed by atoms with Crippen molar-refractivity contribution in [1.82, 2.24) is 14.8 Å². The summed E-state index contributed by atoms with van der Waals surface area (Å²) in [6, 6.07) is 6.87. The lowest BCUT2D eigenvalue weighted by Gasteiger charge is -2.40. The Bertz CT molecular complexity index is 873. The molecule has 4 nitrogen and oxygen atoms in total. The summed E-state index contributed by atoms with van der Waals surface area (Å²) in [5.41, 5.74) is 5.26. The van der Waals surface area contributed by atoms with E-state index in [1.165, 1.54) is 27.6 Å². The van der Waals surface area contributed by atoms with E-state index in [1.54, 1.807) is 0 Å². The van der Waals surface area contributed by atoms with Gasteiger partial charge in [-0.1, -0.05) is 44.9 Å². The van der Waals surface area contributed by atoms with E-state index in [9.17, 15) is 4.79 Å². The van der Waals surface area contributed by atoms with E-state index in [2.05, 4.69) is 66.2 Å². The zero-order valence-electron chi connectivity index (χ0n) is 17.5. The molecule has 4 rings (SSSR count). The summed E-state index contributed by atoms with van der Waals surface area (Å²) < 4.78 is 0. The number of aromatic nitrogens is 1. The third-order valence-corrected chi connectivity index (χ3v) is 6.46. The highest BCUT2D eigenvalue weighted by Gasteiger charge is 2.36. The van der Waals surface area contributed by atoms with Gasteiger partial charge >= 0.3 is 0 Å². The van der Waals surface area contributed by atoms with Crippen molar-refractivity contribution in [2.75, 3.05) is 26.7 Å². The fourth-order valence-electron chi connectivity index (χ4n) is 4.87. The molecule has 0 unspecified atom stereocenters. The summed E-state index contributed by atoms with van der Waals surface area (Å²) in [6.45, 7) is 6.98. The Hall–Kier alpha value is -2.07. The molecule has 2 aliphatic rings. The number of benzene rings is 1. The third-order valence-electron chi connectivity index (χ3n) is 6.46. The highest BCUT2D eigenvalue weighted by atomic mass is 16.2. The quantitative estimate of drug-likeness (QED) is 0.771. The summed E-state index contributed by atoms with van der Waals surface area (Å²) >= 11 is 0. The highest BCUT2D eigenvalue weighted by Crippen LogP contribution is 2.40. The van der Waals surface area contributed by atoms with Crippen LogP contribution >= 0.6 is 0 Å². The Balaban J connectivity index is 1.66. The van der Waals surface area contributed by atoms with Crippen LogP contribution in [0.1, 0.15) is 50.7 Å². The molecule has 0 saturated carbocycles. The van der Waals surface area contributed by atoms with Crippen LogP contribution < -0.4 is 0 Å². The molecule has 1 amide bonds. The Morgan fingerprint density at radius 1 is 1.21 bits per heavy atom. The van der Waals surface area contributed by atoms with Crippen LogP contribution in [0.2, 0.25) is 0 Å². The molecule has 1 aliphatic carbocycles.